The maximum atomic E-state index is 13.3. The number of carbonyl (C=O) groups is 1. The van der Waals surface area contributed by atoms with E-state index >= 15 is 0 Å². The van der Waals surface area contributed by atoms with Gasteiger partial charge in [0.1, 0.15) is 12.4 Å². The molecule has 1 fully saturated rings. The SMILES string of the molecule is O=C(O)Cc1cc(Br)c(OCc2cc(NCC3CC3)cc(C(F)(F)F)c2)c(Br)c1. The van der Waals surface area contributed by atoms with Crippen molar-refractivity contribution in [1.82, 2.24) is 0 Å². The van der Waals surface area contributed by atoms with Crippen molar-refractivity contribution in [3.63, 3.8) is 0 Å². The van der Waals surface area contributed by atoms with Crippen LogP contribution in [0.2, 0.25) is 0 Å². The molecule has 9 heteroatoms. The molecule has 1 aliphatic rings. The molecule has 1 aliphatic carbocycles. The van der Waals surface area contributed by atoms with Crippen molar-refractivity contribution in [3.05, 3.63) is 56.0 Å². The van der Waals surface area contributed by atoms with Crippen LogP contribution in [0.3, 0.4) is 0 Å². The van der Waals surface area contributed by atoms with Crippen LogP contribution < -0.4 is 10.1 Å². The highest BCUT2D eigenvalue weighted by molar-refractivity contribution is 9.11. The molecule has 1 saturated carbocycles. The zero-order chi connectivity index (χ0) is 21.2. The van der Waals surface area contributed by atoms with Crippen LogP contribution in [0.25, 0.3) is 0 Å². The molecule has 3 rings (SSSR count). The lowest BCUT2D eigenvalue weighted by Crippen LogP contribution is -2.10. The van der Waals surface area contributed by atoms with Gasteiger partial charge >= 0.3 is 12.1 Å². The predicted molar refractivity (Wildman–Crippen MR) is 110 cm³/mol. The van der Waals surface area contributed by atoms with Gasteiger partial charge in [0.2, 0.25) is 0 Å². The third-order valence-corrected chi connectivity index (χ3v) is 5.59. The van der Waals surface area contributed by atoms with Gasteiger partial charge in [0.15, 0.2) is 0 Å². The number of carboxylic acid groups (broad SMARTS) is 1. The lowest BCUT2D eigenvalue weighted by molar-refractivity contribution is -0.138. The number of halogens is 5. The van der Waals surface area contributed by atoms with Gasteiger partial charge in [0.25, 0.3) is 0 Å². The van der Waals surface area contributed by atoms with Crippen molar-refractivity contribution in [2.75, 3.05) is 11.9 Å². The van der Waals surface area contributed by atoms with Gasteiger partial charge in [0.05, 0.1) is 20.9 Å². The third kappa shape index (κ3) is 6.37. The standard InChI is InChI=1S/C20H18Br2F3NO3/c21-16-5-12(7-18(27)28)6-17(22)19(16)29-10-13-3-14(20(23,24)25)8-15(4-13)26-9-11-1-2-11/h3-6,8,11,26H,1-2,7,9-10H2,(H,27,28). The highest BCUT2D eigenvalue weighted by Gasteiger charge is 2.31. The Kier molecular flexibility index (Phi) is 6.78. The summed E-state index contributed by atoms with van der Waals surface area (Å²) in [6.45, 7) is 0.585. The second-order valence-electron chi connectivity index (χ2n) is 6.99. The molecule has 0 radical (unpaired) electrons. The molecule has 0 aliphatic heterocycles. The quantitative estimate of drug-likeness (QED) is 0.418. The largest absolute Gasteiger partial charge is 0.487 e. The molecule has 29 heavy (non-hydrogen) atoms. The molecule has 0 aromatic heterocycles. The maximum Gasteiger partial charge on any atom is 0.416 e. The molecule has 2 aromatic carbocycles. The minimum Gasteiger partial charge on any atom is -0.487 e. The lowest BCUT2D eigenvalue weighted by Gasteiger charge is -2.16. The Bertz CT molecular complexity index is 891. The Balaban J connectivity index is 1.78. The van der Waals surface area contributed by atoms with E-state index in [9.17, 15) is 18.0 Å². The fraction of sp³-hybridized carbons (Fsp3) is 0.350. The molecule has 0 saturated heterocycles. The van der Waals surface area contributed by atoms with Crippen molar-refractivity contribution in [1.29, 1.82) is 0 Å². The Labute approximate surface area is 182 Å². The summed E-state index contributed by atoms with van der Waals surface area (Å²) in [5.41, 5.74) is 0.632. The molecule has 2 N–H and O–H groups in total. The number of benzene rings is 2. The van der Waals surface area contributed by atoms with Crippen molar-refractivity contribution in [2.45, 2.75) is 32.0 Å². The summed E-state index contributed by atoms with van der Waals surface area (Å²) in [6.07, 6.45) is -2.41. The van der Waals surface area contributed by atoms with E-state index < -0.39 is 17.7 Å². The highest BCUT2D eigenvalue weighted by atomic mass is 79.9. The van der Waals surface area contributed by atoms with Crippen molar-refractivity contribution < 1.29 is 27.8 Å². The van der Waals surface area contributed by atoms with Gasteiger partial charge in [-0.15, -0.1) is 0 Å². The summed E-state index contributed by atoms with van der Waals surface area (Å²) in [5, 5.41) is 12.0. The summed E-state index contributed by atoms with van der Waals surface area (Å²) in [7, 11) is 0. The minimum absolute atomic E-state index is 0.0719. The van der Waals surface area contributed by atoms with E-state index in [4.69, 9.17) is 9.84 Å². The number of hydrogen-bond acceptors (Lipinski definition) is 3. The molecular formula is C20H18Br2F3NO3. The van der Waals surface area contributed by atoms with Crippen LogP contribution in [-0.2, 0) is 24.0 Å². The van der Waals surface area contributed by atoms with E-state index in [0.717, 1.165) is 25.0 Å². The number of aliphatic carboxylic acids is 1. The first-order valence-corrected chi connectivity index (χ1v) is 10.5. The van der Waals surface area contributed by atoms with Gasteiger partial charge < -0.3 is 15.2 Å². The third-order valence-electron chi connectivity index (χ3n) is 4.41. The Morgan fingerprint density at radius 2 is 1.76 bits per heavy atom. The van der Waals surface area contributed by atoms with E-state index in [-0.39, 0.29) is 13.0 Å². The van der Waals surface area contributed by atoms with E-state index in [2.05, 4.69) is 37.2 Å². The zero-order valence-corrected chi connectivity index (χ0v) is 18.3. The van der Waals surface area contributed by atoms with Crippen LogP contribution in [0, 0.1) is 5.92 Å². The molecule has 4 nitrogen and oxygen atoms in total. The normalized spacial score (nSPS) is 14.0. The second-order valence-corrected chi connectivity index (χ2v) is 8.70. The number of hydrogen-bond donors (Lipinski definition) is 2. The number of anilines is 1. The van der Waals surface area contributed by atoms with Crippen molar-refractivity contribution >= 4 is 43.5 Å². The molecule has 2 aromatic rings. The molecular weight excluding hydrogens is 519 g/mol. The Hall–Kier alpha value is -1.74. The molecule has 0 heterocycles. The van der Waals surface area contributed by atoms with Crippen molar-refractivity contribution in [2.24, 2.45) is 5.92 Å². The number of carboxylic acids is 1. The molecule has 0 atom stereocenters. The van der Waals surface area contributed by atoms with Gasteiger partial charge in [0, 0.05) is 12.2 Å². The van der Waals surface area contributed by atoms with Crippen LogP contribution in [0.15, 0.2) is 39.3 Å². The fourth-order valence-electron chi connectivity index (χ4n) is 2.81. The van der Waals surface area contributed by atoms with Gasteiger partial charge in [-0.3, -0.25) is 4.79 Å². The van der Waals surface area contributed by atoms with Gasteiger partial charge in [-0.25, -0.2) is 0 Å². The predicted octanol–water partition coefficient (Wildman–Crippen LogP) is 6.26. The summed E-state index contributed by atoms with van der Waals surface area (Å²) in [4.78, 5) is 10.9. The fourth-order valence-corrected chi connectivity index (χ4v) is 4.32. The number of alkyl halides is 3. The minimum atomic E-state index is -4.45. The average molecular weight is 537 g/mol. The van der Waals surface area contributed by atoms with E-state index in [1.165, 1.54) is 0 Å². The molecule has 0 spiro atoms. The zero-order valence-electron chi connectivity index (χ0n) is 15.2. The maximum absolute atomic E-state index is 13.3. The van der Waals surface area contributed by atoms with E-state index in [1.54, 1.807) is 18.2 Å². The second kappa shape index (κ2) is 8.95. The number of nitrogens with one attached hydrogen (secondary N) is 1. The molecule has 0 amide bonds. The topological polar surface area (TPSA) is 58.6 Å². The molecule has 156 valence electrons. The average Bonchev–Trinajstić information content (AvgIpc) is 3.42. The van der Waals surface area contributed by atoms with Gasteiger partial charge in [-0.1, -0.05) is 0 Å². The van der Waals surface area contributed by atoms with E-state index in [1.807, 2.05) is 0 Å². The molecule has 0 unspecified atom stereocenters. The van der Waals surface area contributed by atoms with Crippen LogP contribution >= 0.6 is 31.9 Å². The Morgan fingerprint density at radius 3 is 2.31 bits per heavy atom. The van der Waals surface area contributed by atoms with Crippen LogP contribution in [-0.4, -0.2) is 17.6 Å². The van der Waals surface area contributed by atoms with Crippen LogP contribution in [0.4, 0.5) is 18.9 Å². The number of rotatable bonds is 8. The first-order valence-electron chi connectivity index (χ1n) is 8.89. The van der Waals surface area contributed by atoms with E-state index in [0.29, 0.717) is 44.0 Å². The molecule has 0 bridgehead atoms. The van der Waals surface area contributed by atoms with Crippen molar-refractivity contribution in [3.8, 4) is 5.75 Å². The summed E-state index contributed by atoms with van der Waals surface area (Å²) < 4.78 is 46.6. The lowest BCUT2D eigenvalue weighted by atomic mass is 10.1. The first-order chi connectivity index (χ1) is 13.6. The summed E-state index contributed by atoms with van der Waals surface area (Å²) in [6, 6.07) is 7.06. The van der Waals surface area contributed by atoms with Crippen LogP contribution in [0.1, 0.15) is 29.5 Å². The van der Waals surface area contributed by atoms with Gasteiger partial charge in [-0.2, -0.15) is 13.2 Å². The van der Waals surface area contributed by atoms with Gasteiger partial charge in [-0.05, 0) is 92.1 Å². The number of ether oxygens (including phenoxy) is 1. The van der Waals surface area contributed by atoms with Crippen LogP contribution in [0.5, 0.6) is 5.75 Å². The smallest absolute Gasteiger partial charge is 0.416 e. The monoisotopic (exact) mass is 535 g/mol. The first kappa shape index (κ1) is 22.0. The summed E-state index contributed by atoms with van der Waals surface area (Å²) in [5.74, 6) is -0.0443. The highest BCUT2D eigenvalue weighted by Crippen LogP contribution is 2.37. The Morgan fingerprint density at radius 1 is 1.10 bits per heavy atom. The summed E-state index contributed by atoms with van der Waals surface area (Å²) >= 11 is 6.66.